The molecule has 112 valence electrons. The molecule has 21 heavy (non-hydrogen) atoms. The molecule has 2 aromatic rings. The first-order chi connectivity index (χ1) is 9.79. The molecule has 0 radical (unpaired) electrons. The van der Waals surface area contributed by atoms with Crippen molar-refractivity contribution in [1.29, 1.82) is 0 Å². The molecule has 0 aliphatic heterocycles. The van der Waals surface area contributed by atoms with E-state index < -0.39 is 11.7 Å². The van der Waals surface area contributed by atoms with Crippen molar-refractivity contribution in [2.45, 2.75) is 25.9 Å². The maximum atomic E-state index is 13.0. The van der Waals surface area contributed by atoms with Crippen LogP contribution in [0.5, 0.6) is 11.5 Å². The quantitative estimate of drug-likeness (QED) is 0.645. The van der Waals surface area contributed by atoms with Gasteiger partial charge in [0.1, 0.15) is 11.5 Å². The van der Waals surface area contributed by atoms with Gasteiger partial charge in [0.2, 0.25) is 0 Å². The summed E-state index contributed by atoms with van der Waals surface area (Å²) in [7, 11) is 0. The molecule has 1 nitrogen and oxygen atoms in total. The minimum absolute atomic E-state index is 0.0388. The van der Waals surface area contributed by atoms with E-state index in [1.807, 2.05) is 19.9 Å². The number of hydrogen-bond donors (Lipinski definition) is 0. The van der Waals surface area contributed by atoms with Gasteiger partial charge in [0.05, 0.1) is 5.56 Å². The second-order valence-electron chi connectivity index (χ2n) is 4.88. The van der Waals surface area contributed by atoms with Crippen LogP contribution in [0.15, 0.2) is 36.4 Å². The normalized spacial score (nSPS) is 11.5. The van der Waals surface area contributed by atoms with Crippen molar-refractivity contribution < 1.29 is 17.9 Å². The van der Waals surface area contributed by atoms with Gasteiger partial charge in [-0.2, -0.15) is 13.2 Å². The fraction of sp³-hybridized carbons (Fsp3) is 0.250. The molecule has 0 bridgehead atoms. The van der Waals surface area contributed by atoms with Crippen molar-refractivity contribution in [2.75, 3.05) is 0 Å². The molecular weight excluding hydrogens is 301 g/mol. The highest BCUT2D eigenvalue weighted by molar-refractivity contribution is 6.17. The predicted molar refractivity (Wildman–Crippen MR) is 77.0 cm³/mol. The fourth-order valence-electron chi connectivity index (χ4n) is 2.13. The smallest absolute Gasteiger partial charge is 0.416 e. The minimum atomic E-state index is -4.45. The number of hydrogen-bond acceptors (Lipinski definition) is 1. The van der Waals surface area contributed by atoms with Crippen molar-refractivity contribution in [1.82, 2.24) is 0 Å². The lowest BCUT2D eigenvalue weighted by atomic mass is 10.1. The first-order valence-corrected chi connectivity index (χ1v) is 6.85. The average molecular weight is 315 g/mol. The molecule has 2 aromatic carbocycles. The standard InChI is InChI=1S/C16H14ClF3O/c1-10-5-11(2)7-14(6-10)21-13-4-3-12(9-17)15(8-13)16(18,19)20/h3-8H,9H2,1-2H3. The third kappa shape index (κ3) is 3.91. The molecule has 0 aromatic heterocycles. The van der Waals surface area contributed by atoms with Gasteiger partial charge in [-0.1, -0.05) is 12.1 Å². The first kappa shape index (κ1) is 15.7. The van der Waals surface area contributed by atoms with E-state index in [4.69, 9.17) is 16.3 Å². The van der Waals surface area contributed by atoms with Gasteiger partial charge in [-0.25, -0.2) is 0 Å². The van der Waals surface area contributed by atoms with Gasteiger partial charge in [0.15, 0.2) is 0 Å². The molecule has 0 aliphatic carbocycles. The van der Waals surface area contributed by atoms with Crippen LogP contribution in [0.1, 0.15) is 22.3 Å². The summed E-state index contributed by atoms with van der Waals surface area (Å²) in [5.41, 5.74) is 1.24. The third-order valence-electron chi connectivity index (χ3n) is 2.96. The van der Waals surface area contributed by atoms with Gasteiger partial charge in [-0.05, 0) is 54.8 Å². The highest BCUT2D eigenvalue weighted by Gasteiger charge is 2.33. The average Bonchev–Trinajstić information content (AvgIpc) is 2.36. The molecule has 5 heteroatoms. The summed E-state index contributed by atoms with van der Waals surface area (Å²) in [6.07, 6.45) is -4.45. The molecule has 0 saturated heterocycles. The summed E-state index contributed by atoms with van der Waals surface area (Å²) in [6.45, 7) is 3.80. The van der Waals surface area contributed by atoms with Gasteiger partial charge in [0, 0.05) is 5.88 Å². The number of ether oxygens (including phenoxy) is 1. The molecule has 0 aliphatic rings. The zero-order chi connectivity index (χ0) is 15.6. The van der Waals surface area contributed by atoms with Gasteiger partial charge in [0.25, 0.3) is 0 Å². The Balaban J connectivity index is 2.37. The van der Waals surface area contributed by atoms with Crippen LogP contribution in [0.4, 0.5) is 13.2 Å². The van der Waals surface area contributed by atoms with Crippen LogP contribution in [0, 0.1) is 13.8 Å². The van der Waals surface area contributed by atoms with E-state index in [-0.39, 0.29) is 17.2 Å². The lowest BCUT2D eigenvalue weighted by molar-refractivity contribution is -0.138. The lowest BCUT2D eigenvalue weighted by Gasteiger charge is -2.14. The van der Waals surface area contributed by atoms with Crippen LogP contribution in [-0.4, -0.2) is 0 Å². The Morgan fingerprint density at radius 2 is 1.57 bits per heavy atom. The number of alkyl halides is 4. The molecule has 0 heterocycles. The molecule has 0 unspecified atom stereocenters. The SMILES string of the molecule is Cc1cc(C)cc(Oc2ccc(CCl)c(C(F)(F)F)c2)c1. The van der Waals surface area contributed by atoms with Crippen LogP contribution in [0.3, 0.4) is 0 Å². The Morgan fingerprint density at radius 1 is 0.952 bits per heavy atom. The molecule has 0 fully saturated rings. The summed E-state index contributed by atoms with van der Waals surface area (Å²) in [6, 6.07) is 9.32. The monoisotopic (exact) mass is 314 g/mol. The van der Waals surface area contributed by atoms with Gasteiger partial charge in [-0.3, -0.25) is 0 Å². The van der Waals surface area contributed by atoms with E-state index in [0.29, 0.717) is 5.75 Å². The van der Waals surface area contributed by atoms with Crippen molar-refractivity contribution in [3.63, 3.8) is 0 Å². The number of aryl methyl sites for hydroxylation is 2. The Kier molecular flexibility index (Phi) is 4.47. The van der Waals surface area contributed by atoms with Gasteiger partial charge in [-0.15, -0.1) is 11.6 Å². The minimum Gasteiger partial charge on any atom is -0.457 e. The molecular formula is C16H14ClF3O. The second-order valence-corrected chi connectivity index (χ2v) is 5.14. The third-order valence-corrected chi connectivity index (χ3v) is 3.25. The lowest BCUT2D eigenvalue weighted by Crippen LogP contribution is -2.08. The van der Waals surface area contributed by atoms with Crippen molar-refractivity contribution >= 4 is 11.6 Å². The van der Waals surface area contributed by atoms with Crippen LogP contribution >= 0.6 is 11.6 Å². The highest BCUT2D eigenvalue weighted by Crippen LogP contribution is 2.36. The highest BCUT2D eigenvalue weighted by atomic mass is 35.5. The van der Waals surface area contributed by atoms with Crippen molar-refractivity contribution in [3.05, 3.63) is 58.7 Å². The zero-order valence-corrected chi connectivity index (χ0v) is 12.3. The summed E-state index contributed by atoms with van der Waals surface area (Å²) in [5, 5.41) is 0. The molecule has 0 spiro atoms. The maximum Gasteiger partial charge on any atom is 0.416 e. The maximum absolute atomic E-state index is 13.0. The van der Waals surface area contributed by atoms with E-state index in [9.17, 15) is 13.2 Å². The molecule has 0 saturated carbocycles. The fourth-order valence-corrected chi connectivity index (χ4v) is 2.36. The number of benzene rings is 2. The Labute approximate surface area is 126 Å². The molecule has 2 rings (SSSR count). The van der Waals surface area contributed by atoms with Crippen molar-refractivity contribution in [3.8, 4) is 11.5 Å². The number of rotatable bonds is 3. The Bertz CT molecular complexity index is 630. The van der Waals surface area contributed by atoms with Crippen LogP contribution in [0.25, 0.3) is 0 Å². The number of halogens is 4. The van der Waals surface area contributed by atoms with Gasteiger partial charge >= 0.3 is 6.18 Å². The molecule has 0 N–H and O–H groups in total. The summed E-state index contributed by atoms with van der Waals surface area (Å²) < 4.78 is 44.4. The first-order valence-electron chi connectivity index (χ1n) is 6.32. The van der Waals surface area contributed by atoms with Crippen molar-refractivity contribution in [2.24, 2.45) is 0 Å². The van der Waals surface area contributed by atoms with Crippen LogP contribution in [-0.2, 0) is 12.1 Å². The second kappa shape index (κ2) is 5.98. The van der Waals surface area contributed by atoms with Crippen LogP contribution < -0.4 is 4.74 Å². The predicted octanol–water partition coefficient (Wildman–Crippen LogP) is 5.85. The van der Waals surface area contributed by atoms with E-state index in [1.165, 1.54) is 12.1 Å². The van der Waals surface area contributed by atoms with E-state index in [1.54, 1.807) is 12.1 Å². The summed E-state index contributed by atoms with van der Waals surface area (Å²) in [4.78, 5) is 0. The van der Waals surface area contributed by atoms with Crippen LogP contribution in [0.2, 0.25) is 0 Å². The molecule has 0 amide bonds. The topological polar surface area (TPSA) is 9.23 Å². The summed E-state index contributed by atoms with van der Waals surface area (Å²) in [5.74, 6) is 0.457. The Morgan fingerprint density at radius 3 is 2.10 bits per heavy atom. The molecule has 0 atom stereocenters. The van der Waals surface area contributed by atoms with E-state index >= 15 is 0 Å². The Hall–Kier alpha value is -1.68. The van der Waals surface area contributed by atoms with Gasteiger partial charge < -0.3 is 4.74 Å². The zero-order valence-electron chi connectivity index (χ0n) is 11.6. The van der Waals surface area contributed by atoms with E-state index in [0.717, 1.165) is 17.2 Å². The van der Waals surface area contributed by atoms with E-state index in [2.05, 4.69) is 0 Å². The summed E-state index contributed by atoms with van der Waals surface area (Å²) >= 11 is 5.55. The largest absolute Gasteiger partial charge is 0.457 e.